The highest BCUT2D eigenvalue weighted by Gasteiger charge is 2.53. The highest BCUT2D eigenvalue weighted by Crippen LogP contribution is 2.56. The zero-order valence-corrected chi connectivity index (χ0v) is 14.4. The van der Waals surface area contributed by atoms with Crippen LogP contribution in [-0.2, 0) is 10.3 Å². The zero-order valence-electron chi connectivity index (χ0n) is 14.4. The number of nitrogens with two attached hydrogens (primary N) is 2. The highest BCUT2D eigenvalue weighted by molar-refractivity contribution is 5.99. The summed E-state index contributed by atoms with van der Waals surface area (Å²) < 4.78 is 11.9. The quantitative estimate of drug-likeness (QED) is 0.441. The summed E-state index contributed by atoms with van der Waals surface area (Å²) in [5.74, 6) is -0.808. The molecule has 7 nitrogen and oxygen atoms in total. The monoisotopic (exact) mass is 374 g/mol. The predicted octanol–water partition coefficient (Wildman–Crippen LogP) is 3.12. The number of hydrogen-bond acceptors (Lipinski definition) is 6. The molecule has 0 bridgehead atoms. The molecule has 0 saturated carbocycles. The summed E-state index contributed by atoms with van der Waals surface area (Å²) in [4.78, 5) is 24.3. The van der Waals surface area contributed by atoms with Crippen molar-refractivity contribution in [2.45, 2.75) is 5.60 Å². The summed E-state index contributed by atoms with van der Waals surface area (Å²) in [7, 11) is 0. The molecule has 0 aromatic heterocycles. The molecule has 0 amide bonds. The number of carboxylic acids is 1. The van der Waals surface area contributed by atoms with Crippen LogP contribution in [0, 0.1) is 0 Å². The third-order valence-corrected chi connectivity index (χ3v) is 5.10. The van der Waals surface area contributed by atoms with Crippen molar-refractivity contribution in [2.24, 2.45) is 0 Å². The molecule has 5 N–H and O–H groups in total. The Hall–Kier alpha value is -4.00. The van der Waals surface area contributed by atoms with Crippen LogP contribution in [0.2, 0.25) is 0 Å². The van der Waals surface area contributed by atoms with E-state index in [4.69, 9.17) is 20.9 Å². The van der Waals surface area contributed by atoms with Crippen molar-refractivity contribution < 1.29 is 24.2 Å². The van der Waals surface area contributed by atoms with Crippen LogP contribution in [-0.4, -0.2) is 17.0 Å². The normalized spacial score (nSPS) is 15.2. The minimum absolute atomic E-state index is 0.0527. The smallest absolute Gasteiger partial charge is 0.340 e. The first-order chi connectivity index (χ1) is 13.4. The van der Waals surface area contributed by atoms with Crippen LogP contribution in [0.1, 0.15) is 37.4 Å². The van der Waals surface area contributed by atoms with E-state index in [2.05, 4.69) is 0 Å². The lowest BCUT2D eigenvalue weighted by Gasteiger charge is -2.36. The second kappa shape index (κ2) is 5.26. The highest BCUT2D eigenvalue weighted by atomic mass is 16.6. The molecule has 28 heavy (non-hydrogen) atoms. The fourth-order valence-corrected chi connectivity index (χ4v) is 3.89. The Kier molecular flexibility index (Phi) is 3.04. The van der Waals surface area contributed by atoms with Gasteiger partial charge in [0.25, 0.3) is 0 Å². The van der Waals surface area contributed by atoms with Gasteiger partial charge in [-0.3, -0.25) is 0 Å². The van der Waals surface area contributed by atoms with Gasteiger partial charge in [0.15, 0.2) is 5.60 Å². The fourth-order valence-electron chi connectivity index (χ4n) is 3.89. The fraction of sp³-hybridized carbons (Fsp3) is 0.0476. The lowest BCUT2D eigenvalue weighted by molar-refractivity contribution is 0.0224. The second-order valence-corrected chi connectivity index (χ2v) is 6.75. The molecule has 1 spiro atoms. The Morgan fingerprint density at radius 1 is 0.857 bits per heavy atom. The molecule has 2 aliphatic rings. The number of carboxylic acid groups (broad SMARTS) is 1. The third kappa shape index (κ3) is 1.98. The van der Waals surface area contributed by atoms with E-state index in [0.29, 0.717) is 45.1 Å². The maximum absolute atomic E-state index is 12.7. The van der Waals surface area contributed by atoms with Crippen LogP contribution in [0.3, 0.4) is 0 Å². The van der Waals surface area contributed by atoms with E-state index in [1.54, 1.807) is 36.4 Å². The maximum Gasteiger partial charge on any atom is 0.340 e. The Labute approximate surface area is 159 Å². The number of hydrogen-bond donors (Lipinski definition) is 3. The summed E-state index contributed by atoms with van der Waals surface area (Å²) in [5, 5.41) is 9.45. The molecular formula is C21H14N2O5. The SMILES string of the molecule is Nc1ccc2c(c1)Oc1cc(N)ccc1C21OC(=O)c2ccc(C(=O)O)cc21. The van der Waals surface area contributed by atoms with Gasteiger partial charge in [-0.1, -0.05) is 0 Å². The average molecular weight is 374 g/mol. The van der Waals surface area contributed by atoms with Crippen LogP contribution < -0.4 is 16.2 Å². The number of benzene rings is 3. The van der Waals surface area contributed by atoms with Crippen molar-refractivity contribution in [1.82, 2.24) is 0 Å². The van der Waals surface area contributed by atoms with Gasteiger partial charge in [-0.15, -0.1) is 0 Å². The number of anilines is 2. The molecule has 0 unspecified atom stereocenters. The number of fused-ring (bicyclic) bond motifs is 6. The van der Waals surface area contributed by atoms with Crippen LogP contribution >= 0.6 is 0 Å². The Morgan fingerprint density at radius 2 is 1.46 bits per heavy atom. The van der Waals surface area contributed by atoms with Gasteiger partial charge < -0.3 is 26.0 Å². The zero-order chi connectivity index (χ0) is 19.6. The van der Waals surface area contributed by atoms with Crippen molar-refractivity contribution >= 4 is 23.3 Å². The van der Waals surface area contributed by atoms with Crippen molar-refractivity contribution in [3.8, 4) is 11.5 Å². The molecule has 0 saturated heterocycles. The molecule has 2 aliphatic heterocycles. The lowest BCUT2D eigenvalue weighted by atomic mass is 9.77. The minimum Gasteiger partial charge on any atom is -0.478 e. The van der Waals surface area contributed by atoms with E-state index < -0.39 is 17.5 Å². The molecule has 0 fully saturated rings. The van der Waals surface area contributed by atoms with Crippen molar-refractivity contribution in [2.75, 3.05) is 11.5 Å². The molecule has 138 valence electrons. The number of rotatable bonds is 1. The summed E-state index contributed by atoms with van der Waals surface area (Å²) >= 11 is 0. The molecule has 3 aromatic rings. The van der Waals surface area contributed by atoms with E-state index in [1.165, 1.54) is 18.2 Å². The number of carbonyl (C=O) groups excluding carboxylic acids is 1. The topological polar surface area (TPSA) is 125 Å². The van der Waals surface area contributed by atoms with Gasteiger partial charge >= 0.3 is 11.9 Å². The maximum atomic E-state index is 12.7. The summed E-state index contributed by atoms with van der Waals surface area (Å²) in [6.07, 6.45) is 0. The van der Waals surface area contributed by atoms with Crippen LogP contribution in [0.5, 0.6) is 11.5 Å². The lowest BCUT2D eigenvalue weighted by Crippen LogP contribution is -2.33. The number of esters is 1. The Balaban J connectivity index is 1.90. The second-order valence-electron chi connectivity index (χ2n) is 6.75. The van der Waals surface area contributed by atoms with Gasteiger partial charge in [0.1, 0.15) is 11.5 Å². The van der Waals surface area contributed by atoms with Crippen molar-refractivity contribution in [3.05, 3.63) is 82.4 Å². The molecule has 2 heterocycles. The van der Waals surface area contributed by atoms with Gasteiger partial charge in [0.2, 0.25) is 0 Å². The molecular weight excluding hydrogens is 360 g/mol. The van der Waals surface area contributed by atoms with Crippen LogP contribution in [0.4, 0.5) is 11.4 Å². The van der Waals surface area contributed by atoms with E-state index in [0.717, 1.165) is 0 Å². The molecule has 0 aliphatic carbocycles. The van der Waals surface area contributed by atoms with E-state index in [9.17, 15) is 14.7 Å². The van der Waals surface area contributed by atoms with Gasteiger partial charge in [0.05, 0.1) is 11.1 Å². The Bertz CT molecular complexity index is 1150. The number of nitrogen functional groups attached to an aromatic ring is 2. The first kappa shape index (κ1) is 16.2. The molecule has 0 atom stereocenters. The van der Waals surface area contributed by atoms with E-state index in [1.807, 2.05) is 0 Å². The number of carbonyl (C=O) groups is 2. The minimum atomic E-state index is -1.35. The summed E-state index contributed by atoms with van der Waals surface area (Å²) in [5.41, 5.74) is 13.4. The standard InChI is InChI=1S/C21H14N2O5/c22-11-2-5-14-17(8-11)27-18-9-12(23)3-6-15(18)21(14)16-7-10(19(24)25)1-4-13(16)20(26)28-21/h1-9H,22-23H2,(H,24,25). The molecule has 3 aromatic carbocycles. The van der Waals surface area contributed by atoms with E-state index in [-0.39, 0.29) is 5.56 Å². The van der Waals surface area contributed by atoms with Gasteiger partial charge in [-0.05, 0) is 42.5 Å². The number of ether oxygens (including phenoxy) is 2. The summed E-state index contributed by atoms with van der Waals surface area (Å²) in [6, 6.07) is 14.4. The third-order valence-electron chi connectivity index (χ3n) is 5.10. The van der Waals surface area contributed by atoms with Crippen LogP contribution in [0.25, 0.3) is 0 Å². The molecule has 5 rings (SSSR count). The Morgan fingerprint density at radius 3 is 2.04 bits per heavy atom. The van der Waals surface area contributed by atoms with Crippen molar-refractivity contribution in [1.29, 1.82) is 0 Å². The van der Waals surface area contributed by atoms with Crippen LogP contribution in [0.15, 0.2) is 54.6 Å². The summed E-state index contributed by atoms with van der Waals surface area (Å²) in [6.45, 7) is 0. The average Bonchev–Trinajstić information content (AvgIpc) is 2.94. The van der Waals surface area contributed by atoms with Gasteiger partial charge in [-0.25, -0.2) is 9.59 Å². The van der Waals surface area contributed by atoms with Crippen molar-refractivity contribution in [3.63, 3.8) is 0 Å². The first-order valence-electron chi connectivity index (χ1n) is 8.49. The largest absolute Gasteiger partial charge is 0.478 e. The van der Waals surface area contributed by atoms with E-state index >= 15 is 0 Å². The predicted molar refractivity (Wildman–Crippen MR) is 100 cm³/mol. The first-order valence-corrected chi connectivity index (χ1v) is 8.49. The van der Waals surface area contributed by atoms with Gasteiger partial charge in [0, 0.05) is 40.2 Å². The van der Waals surface area contributed by atoms with Gasteiger partial charge in [-0.2, -0.15) is 0 Å². The molecule has 0 radical (unpaired) electrons. The number of aromatic carboxylic acids is 1. The molecule has 7 heteroatoms.